The Morgan fingerprint density at radius 3 is 2.35 bits per heavy atom. The van der Waals surface area contributed by atoms with E-state index >= 15 is 0 Å². The topological polar surface area (TPSA) is 38.8 Å². The van der Waals surface area contributed by atoms with Crippen molar-refractivity contribution >= 4 is 6.09 Å². The molecule has 4 nitrogen and oxygen atoms in total. The lowest BCUT2D eigenvalue weighted by atomic mass is 10.1. The number of hydrogen-bond acceptors (Lipinski definition) is 3. The van der Waals surface area contributed by atoms with Gasteiger partial charge < -0.3 is 14.4 Å². The Morgan fingerprint density at radius 2 is 1.75 bits per heavy atom. The van der Waals surface area contributed by atoms with Gasteiger partial charge in [0.1, 0.15) is 0 Å². The zero-order valence-corrected chi connectivity index (χ0v) is 13.0. The zero-order valence-electron chi connectivity index (χ0n) is 13.0. The van der Waals surface area contributed by atoms with Crippen LogP contribution in [0, 0.1) is 11.8 Å². The summed E-state index contributed by atoms with van der Waals surface area (Å²) in [6, 6.07) is 0. The minimum absolute atomic E-state index is 0.199. The molecule has 0 spiro atoms. The largest absolute Gasteiger partial charge is 0.419 e. The highest BCUT2D eigenvalue weighted by Crippen LogP contribution is 2.26. The molecule has 0 aromatic carbocycles. The molecule has 2 fully saturated rings. The van der Waals surface area contributed by atoms with Crippen molar-refractivity contribution in [2.45, 2.75) is 65.1 Å². The van der Waals surface area contributed by atoms with E-state index in [1.165, 1.54) is 32.1 Å². The maximum atomic E-state index is 12.1. The lowest BCUT2D eigenvalue weighted by molar-refractivity contribution is -0.143. The van der Waals surface area contributed by atoms with Gasteiger partial charge in [0, 0.05) is 19.0 Å². The molecule has 0 radical (unpaired) electrons. The highest BCUT2D eigenvalue weighted by molar-refractivity contribution is 5.67. The van der Waals surface area contributed by atoms with Crippen LogP contribution in [0.15, 0.2) is 0 Å². The van der Waals surface area contributed by atoms with Crippen LogP contribution in [-0.4, -0.2) is 37.0 Å². The van der Waals surface area contributed by atoms with Crippen molar-refractivity contribution in [3.8, 4) is 0 Å². The normalized spacial score (nSPS) is 22.2. The maximum absolute atomic E-state index is 12.1. The summed E-state index contributed by atoms with van der Waals surface area (Å²) in [5.41, 5.74) is 0. The Bertz CT molecular complexity index is 294. The van der Waals surface area contributed by atoms with Gasteiger partial charge in [0.25, 0.3) is 0 Å². The molecule has 0 bridgehead atoms. The van der Waals surface area contributed by atoms with E-state index < -0.39 is 6.29 Å². The van der Waals surface area contributed by atoms with Gasteiger partial charge in [-0.15, -0.1) is 0 Å². The summed E-state index contributed by atoms with van der Waals surface area (Å²) in [6.45, 7) is 6.47. The van der Waals surface area contributed by atoms with Crippen LogP contribution in [0.25, 0.3) is 0 Å². The number of rotatable bonds is 5. The molecule has 2 aliphatic rings. The first-order chi connectivity index (χ1) is 9.66. The van der Waals surface area contributed by atoms with Crippen LogP contribution in [0.2, 0.25) is 0 Å². The maximum Gasteiger partial charge on any atom is 0.412 e. The van der Waals surface area contributed by atoms with Crippen LogP contribution in [0.5, 0.6) is 0 Å². The first-order valence-corrected chi connectivity index (χ1v) is 8.24. The molecule has 0 N–H and O–H groups in total. The van der Waals surface area contributed by atoms with Gasteiger partial charge in [0.2, 0.25) is 6.29 Å². The minimum Gasteiger partial charge on any atom is -0.419 e. The molecule has 1 aliphatic carbocycles. The van der Waals surface area contributed by atoms with Gasteiger partial charge in [-0.1, -0.05) is 26.7 Å². The molecular weight excluding hydrogens is 254 g/mol. The number of carbonyl (C=O) groups excluding carboxylic acids is 1. The van der Waals surface area contributed by atoms with Crippen molar-refractivity contribution in [1.82, 2.24) is 4.90 Å². The fourth-order valence-electron chi connectivity index (χ4n) is 3.02. The third kappa shape index (κ3) is 4.65. The lowest BCUT2D eigenvalue weighted by Gasteiger charge is -2.30. The Kier molecular flexibility index (Phi) is 6.14. The molecule has 0 aromatic rings. The predicted molar refractivity (Wildman–Crippen MR) is 78.4 cm³/mol. The highest BCUT2D eigenvalue weighted by Gasteiger charge is 2.25. The molecule has 1 atom stereocenters. The second kappa shape index (κ2) is 7.87. The molecule has 1 aliphatic heterocycles. The van der Waals surface area contributed by atoms with E-state index in [1.807, 2.05) is 18.7 Å². The second-order valence-electron chi connectivity index (χ2n) is 6.53. The SMILES string of the molecule is CC(C)C(OCC1CCCC1)OC(=O)N1CCCCC1. The lowest BCUT2D eigenvalue weighted by Crippen LogP contribution is -2.40. The summed E-state index contributed by atoms with van der Waals surface area (Å²) < 4.78 is 11.5. The Balaban J connectivity index is 1.76. The number of likely N-dealkylation sites (tertiary alicyclic amines) is 1. The van der Waals surface area contributed by atoms with Gasteiger partial charge >= 0.3 is 6.09 Å². The smallest absolute Gasteiger partial charge is 0.412 e. The third-order valence-corrected chi connectivity index (χ3v) is 4.35. The van der Waals surface area contributed by atoms with Gasteiger partial charge in [-0.25, -0.2) is 4.79 Å². The Hall–Kier alpha value is -0.770. The van der Waals surface area contributed by atoms with Crippen molar-refractivity contribution in [3.05, 3.63) is 0 Å². The van der Waals surface area contributed by atoms with Crippen LogP contribution < -0.4 is 0 Å². The zero-order chi connectivity index (χ0) is 14.4. The average Bonchev–Trinajstić information content (AvgIpc) is 2.97. The van der Waals surface area contributed by atoms with Crippen LogP contribution in [0.4, 0.5) is 4.79 Å². The molecule has 1 saturated carbocycles. The monoisotopic (exact) mass is 283 g/mol. The quantitative estimate of drug-likeness (QED) is 0.720. The number of carbonyl (C=O) groups is 1. The second-order valence-corrected chi connectivity index (χ2v) is 6.53. The summed E-state index contributed by atoms with van der Waals surface area (Å²) in [7, 11) is 0. The van der Waals surface area contributed by atoms with E-state index in [0.717, 1.165) is 32.5 Å². The van der Waals surface area contributed by atoms with E-state index in [-0.39, 0.29) is 12.0 Å². The summed E-state index contributed by atoms with van der Waals surface area (Å²) >= 11 is 0. The molecule has 2 rings (SSSR count). The number of nitrogens with zero attached hydrogens (tertiary/aromatic N) is 1. The first-order valence-electron chi connectivity index (χ1n) is 8.24. The third-order valence-electron chi connectivity index (χ3n) is 4.35. The van der Waals surface area contributed by atoms with Crippen molar-refractivity contribution in [3.63, 3.8) is 0 Å². The highest BCUT2D eigenvalue weighted by atomic mass is 16.7. The van der Waals surface area contributed by atoms with Crippen molar-refractivity contribution in [2.24, 2.45) is 11.8 Å². The Labute approximate surface area is 122 Å². The fraction of sp³-hybridized carbons (Fsp3) is 0.938. The van der Waals surface area contributed by atoms with E-state index in [1.54, 1.807) is 0 Å². The number of ether oxygens (including phenoxy) is 2. The van der Waals surface area contributed by atoms with Gasteiger partial charge in [-0.05, 0) is 38.0 Å². The molecule has 4 heteroatoms. The summed E-state index contributed by atoms with van der Waals surface area (Å²) in [5, 5.41) is 0. The fourth-order valence-corrected chi connectivity index (χ4v) is 3.02. The van der Waals surface area contributed by atoms with Gasteiger partial charge in [0.05, 0.1) is 6.61 Å². The van der Waals surface area contributed by atoms with Crippen molar-refractivity contribution in [1.29, 1.82) is 0 Å². The average molecular weight is 283 g/mol. The van der Waals surface area contributed by atoms with Crippen molar-refractivity contribution in [2.75, 3.05) is 19.7 Å². The van der Waals surface area contributed by atoms with Gasteiger partial charge in [-0.3, -0.25) is 0 Å². The minimum atomic E-state index is -0.398. The molecule has 20 heavy (non-hydrogen) atoms. The summed E-state index contributed by atoms with van der Waals surface area (Å²) in [5.74, 6) is 0.857. The molecular formula is C16H29NO3. The van der Waals surface area contributed by atoms with Crippen LogP contribution in [0.1, 0.15) is 58.8 Å². The molecule has 1 amide bonds. The summed E-state index contributed by atoms with van der Waals surface area (Å²) in [6.07, 6.45) is 7.93. The summed E-state index contributed by atoms with van der Waals surface area (Å²) in [4.78, 5) is 14.0. The molecule has 1 saturated heterocycles. The van der Waals surface area contributed by atoms with Crippen molar-refractivity contribution < 1.29 is 14.3 Å². The van der Waals surface area contributed by atoms with Gasteiger partial charge in [-0.2, -0.15) is 0 Å². The van der Waals surface area contributed by atoms with Gasteiger partial charge in [0.15, 0.2) is 0 Å². The molecule has 116 valence electrons. The van der Waals surface area contributed by atoms with E-state index in [4.69, 9.17) is 9.47 Å². The number of hydrogen-bond donors (Lipinski definition) is 0. The van der Waals surface area contributed by atoms with Crippen LogP contribution in [-0.2, 0) is 9.47 Å². The van der Waals surface area contributed by atoms with E-state index in [9.17, 15) is 4.79 Å². The van der Waals surface area contributed by atoms with E-state index in [2.05, 4.69) is 0 Å². The van der Waals surface area contributed by atoms with Crippen LogP contribution in [0.3, 0.4) is 0 Å². The molecule has 1 unspecified atom stereocenters. The van der Waals surface area contributed by atoms with Crippen LogP contribution >= 0.6 is 0 Å². The molecule has 0 aromatic heterocycles. The van der Waals surface area contributed by atoms with E-state index in [0.29, 0.717) is 5.92 Å². The first kappa shape index (κ1) is 15.6. The number of amides is 1. The predicted octanol–water partition coefficient (Wildman–Crippen LogP) is 3.80. The standard InChI is InChI=1S/C16H29NO3/c1-13(2)15(19-12-14-8-4-5-9-14)20-16(18)17-10-6-3-7-11-17/h13-15H,3-12H2,1-2H3. The number of piperidine rings is 1. The molecule has 1 heterocycles. The Morgan fingerprint density at radius 1 is 1.10 bits per heavy atom.